The Hall–Kier alpha value is -1.18. The molecule has 1 atom stereocenters. The minimum absolute atomic E-state index is 0.277. The van der Waals surface area contributed by atoms with Gasteiger partial charge >= 0.3 is 0 Å². The predicted octanol–water partition coefficient (Wildman–Crippen LogP) is 4.43. The van der Waals surface area contributed by atoms with Crippen molar-refractivity contribution < 1.29 is 9.47 Å². The van der Waals surface area contributed by atoms with Crippen molar-refractivity contribution in [1.82, 2.24) is 0 Å². The average molecular weight is 236 g/mol. The number of ether oxygens (including phenoxy) is 2. The molecule has 0 bridgehead atoms. The molecule has 0 amide bonds. The van der Waals surface area contributed by atoms with Crippen molar-refractivity contribution in [3.8, 4) is 11.5 Å². The van der Waals surface area contributed by atoms with E-state index in [1.54, 1.807) is 7.11 Å². The van der Waals surface area contributed by atoms with Crippen LogP contribution < -0.4 is 9.47 Å². The molecule has 17 heavy (non-hydrogen) atoms. The molecule has 1 aromatic carbocycles. The molecule has 0 saturated heterocycles. The topological polar surface area (TPSA) is 18.5 Å². The first kappa shape index (κ1) is 13.9. The van der Waals surface area contributed by atoms with Gasteiger partial charge in [-0.05, 0) is 31.9 Å². The van der Waals surface area contributed by atoms with Crippen LogP contribution in [0.3, 0.4) is 0 Å². The second kappa shape index (κ2) is 7.99. The Morgan fingerprint density at radius 2 is 1.88 bits per heavy atom. The van der Waals surface area contributed by atoms with Crippen LogP contribution in [0.1, 0.15) is 46.0 Å². The van der Waals surface area contributed by atoms with Crippen molar-refractivity contribution in [1.29, 1.82) is 0 Å². The molecule has 96 valence electrons. The van der Waals surface area contributed by atoms with Gasteiger partial charge in [0, 0.05) is 6.07 Å². The van der Waals surface area contributed by atoms with Crippen LogP contribution in [-0.4, -0.2) is 13.2 Å². The van der Waals surface area contributed by atoms with Crippen molar-refractivity contribution in [3.05, 3.63) is 24.3 Å². The third-order valence-electron chi connectivity index (χ3n) is 2.84. The summed E-state index contributed by atoms with van der Waals surface area (Å²) in [5, 5.41) is 0. The molecule has 2 nitrogen and oxygen atoms in total. The normalized spacial score (nSPS) is 12.2. The summed E-state index contributed by atoms with van der Waals surface area (Å²) in [6.07, 6.45) is 6.56. The molecular formula is C15H24O2. The standard InChI is InChI=1S/C15H24O2/c1-4-5-6-7-9-13(2)17-15-11-8-10-14(12-15)16-3/h8,10-13H,4-7,9H2,1-3H3. The SMILES string of the molecule is CCCCCCC(C)Oc1cccc(OC)c1. The first-order valence-electron chi connectivity index (χ1n) is 6.57. The third kappa shape index (κ3) is 5.62. The smallest absolute Gasteiger partial charge is 0.123 e. The van der Waals surface area contributed by atoms with Crippen LogP contribution >= 0.6 is 0 Å². The van der Waals surface area contributed by atoms with Crippen LogP contribution in [0.2, 0.25) is 0 Å². The summed E-state index contributed by atoms with van der Waals surface area (Å²) < 4.78 is 11.0. The summed E-state index contributed by atoms with van der Waals surface area (Å²) >= 11 is 0. The summed E-state index contributed by atoms with van der Waals surface area (Å²) in [5.41, 5.74) is 0. The van der Waals surface area contributed by atoms with E-state index in [4.69, 9.17) is 9.47 Å². The summed E-state index contributed by atoms with van der Waals surface area (Å²) in [5.74, 6) is 1.74. The fourth-order valence-corrected chi connectivity index (χ4v) is 1.82. The van der Waals surface area contributed by atoms with Crippen molar-refractivity contribution in [3.63, 3.8) is 0 Å². The van der Waals surface area contributed by atoms with Gasteiger partial charge < -0.3 is 9.47 Å². The molecule has 0 heterocycles. The van der Waals surface area contributed by atoms with Gasteiger partial charge in [-0.3, -0.25) is 0 Å². The van der Waals surface area contributed by atoms with Crippen LogP contribution in [0.15, 0.2) is 24.3 Å². The van der Waals surface area contributed by atoms with Crippen LogP contribution in [-0.2, 0) is 0 Å². The minimum atomic E-state index is 0.277. The Morgan fingerprint density at radius 1 is 1.12 bits per heavy atom. The van der Waals surface area contributed by atoms with E-state index in [1.165, 1.54) is 25.7 Å². The summed E-state index contributed by atoms with van der Waals surface area (Å²) in [6, 6.07) is 7.80. The lowest BCUT2D eigenvalue weighted by molar-refractivity contribution is 0.205. The zero-order valence-corrected chi connectivity index (χ0v) is 11.2. The fourth-order valence-electron chi connectivity index (χ4n) is 1.82. The number of unbranched alkanes of at least 4 members (excludes halogenated alkanes) is 3. The van der Waals surface area contributed by atoms with Crippen LogP contribution in [0.25, 0.3) is 0 Å². The van der Waals surface area contributed by atoms with E-state index < -0.39 is 0 Å². The third-order valence-corrected chi connectivity index (χ3v) is 2.84. The number of rotatable bonds is 8. The van der Waals surface area contributed by atoms with Gasteiger partial charge in [-0.1, -0.05) is 32.3 Å². The quantitative estimate of drug-likeness (QED) is 0.621. The first-order chi connectivity index (χ1) is 8.26. The Morgan fingerprint density at radius 3 is 2.59 bits per heavy atom. The Kier molecular flexibility index (Phi) is 6.53. The largest absolute Gasteiger partial charge is 0.497 e. The zero-order chi connectivity index (χ0) is 12.5. The van der Waals surface area contributed by atoms with Crippen molar-refractivity contribution in [2.45, 2.75) is 52.1 Å². The van der Waals surface area contributed by atoms with E-state index in [-0.39, 0.29) is 6.10 Å². The number of hydrogen-bond acceptors (Lipinski definition) is 2. The highest BCUT2D eigenvalue weighted by atomic mass is 16.5. The maximum absolute atomic E-state index is 5.86. The molecule has 0 saturated carbocycles. The summed E-state index contributed by atoms with van der Waals surface area (Å²) in [4.78, 5) is 0. The summed E-state index contributed by atoms with van der Waals surface area (Å²) in [6.45, 7) is 4.36. The van der Waals surface area contributed by atoms with E-state index in [0.29, 0.717) is 0 Å². The molecule has 0 spiro atoms. The predicted molar refractivity (Wildman–Crippen MR) is 71.8 cm³/mol. The number of methoxy groups -OCH3 is 1. The van der Waals surface area contributed by atoms with Crippen LogP contribution in [0.4, 0.5) is 0 Å². The monoisotopic (exact) mass is 236 g/mol. The van der Waals surface area contributed by atoms with Gasteiger partial charge in [0.2, 0.25) is 0 Å². The summed E-state index contributed by atoms with van der Waals surface area (Å²) in [7, 11) is 1.67. The molecule has 1 rings (SSSR count). The second-order valence-electron chi connectivity index (χ2n) is 4.46. The van der Waals surface area contributed by atoms with Gasteiger partial charge in [0.15, 0.2) is 0 Å². The number of hydrogen-bond donors (Lipinski definition) is 0. The lowest BCUT2D eigenvalue weighted by atomic mass is 10.1. The van der Waals surface area contributed by atoms with Gasteiger partial charge in [-0.2, -0.15) is 0 Å². The highest BCUT2D eigenvalue weighted by Crippen LogP contribution is 2.21. The molecule has 1 aromatic rings. The molecule has 0 aliphatic heterocycles. The van der Waals surface area contributed by atoms with Gasteiger partial charge in [0.1, 0.15) is 11.5 Å². The number of benzene rings is 1. The molecule has 0 fully saturated rings. The van der Waals surface area contributed by atoms with Crippen LogP contribution in [0.5, 0.6) is 11.5 Å². The highest BCUT2D eigenvalue weighted by molar-refractivity contribution is 5.32. The van der Waals surface area contributed by atoms with Gasteiger partial charge in [-0.25, -0.2) is 0 Å². The van der Waals surface area contributed by atoms with Gasteiger partial charge in [0.05, 0.1) is 13.2 Å². The average Bonchev–Trinajstić information content (AvgIpc) is 2.35. The highest BCUT2D eigenvalue weighted by Gasteiger charge is 2.04. The Labute approximate surface area is 105 Å². The molecule has 0 radical (unpaired) electrons. The fraction of sp³-hybridized carbons (Fsp3) is 0.600. The maximum atomic E-state index is 5.86. The van der Waals surface area contributed by atoms with Gasteiger partial charge in [0.25, 0.3) is 0 Å². The van der Waals surface area contributed by atoms with Gasteiger partial charge in [-0.15, -0.1) is 0 Å². The molecule has 0 aromatic heterocycles. The zero-order valence-electron chi connectivity index (χ0n) is 11.2. The molecule has 0 aliphatic carbocycles. The molecule has 1 unspecified atom stereocenters. The maximum Gasteiger partial charge on any atom is 0.123 e. The van der Waals surface area contributed by atoms with Crippen molar-refractivity contribution >= 4 is 0 Å². The van der Waals surface area contributed by atoms with Crippen LogP contribution in [0, 0.1) is 0 Å². The van der Waals surface area contributed by atoms with E-state index in [1.807, 2.05) is 24.3 Å². The van der Waals surface area contributed by atoms with E-state index in [0.717, 1.165) is 17.9 Å². The van der Waals surface area contributed by atoms with E-state index in [2.05, 4.69) is 13.8 Å². The Balaban J connectivity index is 2.31. The molecular weight excluding hydrogens is 212 g/mol. The lowest BCUT2D eigenvalue weighted by Crippen LogP contribution is -2.11. The second-order valence-corrected chi connectivity index (χ2v) is 4.46. The van der Waals surface area contributed by atoms with E-state index >= 15 is 0 Å². The minimum Gasteiger partial charge on any atom is -0.497 e. The molecule has 0 N–H and O–H groups in total. The first-order valence-corrected chi connectivity index (χ1v) is 6.57. The van der Waals surface area contributed by atoms with E-state index in [9.17, 15) is 0 Å². The Bertz CT molecular complexity index is 310. The van der Waals surface area contributed by atoms with Crippen molar-refractivity contribution in [2.75, 3.05) is 7.11 Å². The molecule has 0 aliphatic rings. The van der Waals surface area contributed by atoms with Crippen molar-refractivity contribution in [2.24, 2.45) is 0 Å². The lowest BCUT2D eigenvalue weighted by Gasteiger charge is -2.15. The molecule has 2 heteroatoms.